The Kier molecular flexibility index (Phi) is 4.87. The van der Waals surface area contributed by atoms with E-state index in [0.29, 0.717) is 6.04 Å². The zero-order valence-corrected chi connectivity index (χ0v) is 12.7. The van der Waals surface area contributed by atoms with Crippen molar-refractivity contribution in [1.82, 2.24) is 5.32 Å². The molecule has 0 bridgehead atoms. The van der Waals surface area contributed by atoms with Crippen molar-refractivity contribution < 1.29 is 4.74 Å². The standard InChI is InChI=1S/C17H27NO/c1-12-6-5-7-14(10-12)17(18-3)15-9-8-13(2)16(11-15)19-4/h8-9,11-12,14,17-18H,5-7,10H2,1-4H3. The Morgan fingerprint density at radius 3 is 2.74 bits per heavy atom. The highest BCUT2D eigenvalue weighted by atomic mass is 16.5. The summed E-state index contributed by atoms with van der Waals surface area (Å²) in [5.41, 5.74) is 2.57. The Hall–Kier alpha value is -1.02. The molecule has 2 nitrogen and oxygen atoms in total. The fraction of sp³-hybridized carbons (Fsp3) is 0.647. The molecule has 2 heteroatoms. The first-order chi connectivity index (χ1) is 9.15. The van der Waals surface area contributed by atoms with Gasteiger partial charge in [-0.1, -0.05) is 31.9 Å². The number of rotatable bonds is 4. The second kappa shape index (κ2) is 6.42. The van der Waals surface area contributed by atoms with Crippen molar-refractivity contribution in [3.05, 3.63) is 29.3 Å². The highest BCUT2D eigenvalue weighted by Gasteiger charge is 2.27. The summed E-state index contributed by atoms with van der Waals surface area (Å²) in [6, 6.07) is 7.08. The number of methoxy groups -OCH3 is 1. The van der Waals surface area contributed by atoms with Crippen LogP contribution in [0.1, 0.15) is 49.8 Å². The summed E-state index contributed by atoms with van der Waals surface area (Å²) >= 11 is 0. The van der Waals surface area contributed by atoms with Crippen LogP contribution in [0.15, 0.2) is 18.2 Å². The molecule has 3 atom stereocenters. The molecule has 0 heterocycles. The minimum Gasteiger partial charge on any atom is -0.496 e. The van der Waals surface area contributed by atoms with Crippen molar-refractivity contribution >= 4 is 0 Å². The molecule has 1 aromatic carbocycles. The van der Waals surface area contributed by atoms with Gasteiger partial charge in [0.05, 0.1) is 7.11 Å². The molecule has 0 spiro atoms. The van der Waals surface area contributed by atoms with Crippen LogP contribution in [0, 0.1) is 18.8 Å². The van der Waals surface area contributed by atoms with Crippen LogP contribution >= 0.6 is 0 Å². The lowest BCUT2D eigenvalue weighted by Crippen LogP contribution is -2.29. The van der Waals surface area contributed by atoms with Crippen LogP contribution in [-0.4, -0.2) is 14.2 Å². The third-order valence-corrected chi connectivity index (χ3v) is 4.55. The van der Waals surface area contributed by atoms with Gasteiger partial charge in [0.2, 0.25) is 0 Å². The molecular formula is C17H27NO. The van der Waals surface area contributed by atoms with Gasteiger partial charge in [-0.15, -0.1) is 0 Å². The van der Waals surface area contributed by atoms with E-state index in [9.17, 15) is 0 Å². The second-order valence-electron chi connectivity index (χ2n) is 6.03. The van der Waals surface area contributed by atoms with Gasteiger partial charge in [-0.25, -0.2) is 0 Å². The summed E-state index contributed by atoms with van der Waals surface area (Å²) in [6.45, 7) is 4.48. The first kappa shape index (κ1) is 14.4. The maximum atomic E-state index is 5.46. The number of hydrogen-bond acceptors (Lipinski definition) is 2. The fourth-order valence-electron chi connectivity index (χ4n) is 3.49. The van der Waals surface area contributed by atoms with Crippen molar-refractivity contribution in [2.45, 2.75) is 45.6 Å². The maximum Gasteiger partial charge on any atom is 0.122 e. The molecular weight excluding hydrogens is 234 g/mol. The molecule has 19 heavy (non-hydrogen) atoms. The highest BCUT2D eigenvalue weighted by molar-refractivity contribution is 5.38. The topological polar surface area (TPSA) is 21.3 Å². The molecule has 0 saturated heterocycles. The average molecular weight is 261 g/mol. The van der Waals surface area contributed by atoms with Gasteiger partial charge >= 0.3 is 0 Å². The fourth-order valence-corrected chi connectivity index (χ4v) is 3.49. The normalized spacial score (nSPS) is 25.1. The van der Waals surface area contributed by atoms with Gasteiger partial charge in [-0.2, -0.15) is 0 Å². The van der Waals surface area contributed by atoms with E-state index in [1.165, 1.54) is 36.8 Å². The van der Waals surface area contributed by atoms with Gasteiger partial charge in [-0.05, 0) is 55.8 Å². The maximum absolute atomic E-state index is 5.46. The van der Waals surface area contributed by atoms with Crippen molar-refractivity contribution in [1.29, 1.82) is 0 Å². The van der Waals surface area contributed by atoms with Gasteiger partial charge < -0.3 is 10.1 Å². The zero-order chi connectivity index (χ0) is 13.8. The van der Waals surface area contributed by atoms with Crippen LogP contribution in [-0.2, 0) is 0 Å². The number of ether oxygens (including phenoxy) is 1. The molecule has 1 saturated carbocycles. The number of benzene rings is 1. The molecule has 0 radical (unpaired) electrons. The van der Waals surface area contributed by atoms with Crippen LogP contribution in [0.4, 0.5) is 0 Å². The Labute approximate surface area is 117 Å². The summed E-state index contributed by atoms with van der Waals surface area (Å²) in [6.07, 6.45) is 5.44. The molecule has 0 amide bonds. The lowest BCUT2D eigenvalue weighted by Gasteiger charge is -2.33. The van der Waals surface area contributed by atoms with Gasteiger partial charge in [-0.3, -0.25) is 0 Å². The summed E-state index contributed by atoms with van der Waals surface area (Å²) in [5, 5.41) is 3.52. The lowest BCUT2D eigenvalue weighted by molar-refractivity contribution is 0.229. The summed E-state index contributed by atoms with van der Waals surface area (Å²) in [4.78, 5) is 0. The number of nitrogens with one attached hydrogen (secondary N) is 1. The molecule has 2 rings (SSSR count). The summed E-state index contributed by atoms with van der Waals surface area (Å²) in [5.74, 6) is 2.62. The highest BCUT2D eigenvalue weighted by Crippen LogP contribution is 2.38. The quantitative estimate of drug-likeness (QED) is 0.881. The predicted molar refractivity (Wildman–Crippen MR) is 80.7 cm³/mol. The molecule has 1 aromatic rings. The molecule has 3 unspecified atom stereocenters. The average Bonchev–Trinajstić information content (AvgIpc) is 2.41. The molecule has 0 aliphatic heterocycles. The molecule has 1 aliphatic rings. The molecule has 1 aliphatic carbocycles. The lowest BCUT2D eigenvalue weighted by atomic mass is 9.76. The van der Waals surface area contributed by atoms with Crippen LogP contribution in [0.25, 0.3) is 0 Å². The van der Waals surface area contributed by atoms with Crippen molar-refractivity contribution in [3.8, 4) is 5.75 Å². The Balaban J connectivity index is 2.21. The number of hydrogen-bond donors (Lipinski definition) is 1. The van der Waals surface area contributed by atoms with E-state index in [-0.39, 0.29) is 0 Å². The molecule has 0 aromatic heterocycles. The Morgan fingerprint density at radius 2 is 2.11 bits per heavy atom. The second-order valence-corrected chi connectivity index (χ2v) is 6.03. The van der Waals surface area contributed by atoms with E-state index in [1.54, 1.807) is 7.11 Å². The van der Waals surface area contributed by atoms with Crippen molar-refractivity contribution in [3.63, 3.8) is 0 Å². The smallest absolute Gasteiger partial charge is 0.122 e. The predicted octanol–water partition coefficient (Wildman–Crippen LogP) is 4.09. The van der Waals surface area contributed by atoms with E-state index >= 15 is 0 Å². The third kappa shape index (κ3) is 3.30. The van der Waals surface area contributed by atoms with Crippen LogP contribution in [0.2, 0.25) is 0 Å². The minimum absolute atomic E-state index is 0.456. The molecule has 106 valence electrons. The first-order valence-corrected chi connectivity index (χ1v) is 7.47. The Bertz CT molecular complexity index is 416. The van der Waals surface area contributed by atoms with E-state index < -0.39 is 0 Å². The van der Waals surface area contributed by atoms with E-state index in [4.69, 9.17) is 4.74 Å². The van der Waals surface area contributed by atoms with Crippen molar-refractivity contribution in [2.75, 3.05) is 14.2 Å². The summed E-state index contributed by atoms with van der Waals surface area (Å²) < 4.78 is 5.46. The largest absolute Gasteiger partial charge is 0.496 e. The monoisotopic (exact) mass is 261 g/mol. The third-order valence-electron chi connectivity index (χ3n) is 4.55. The van der Waals surface area contributed by atoms with Gasteiger partial charge in [0.15, 0.2) is 0 Å². The summed E-state index contributed by atoms with van der Waals surface area (Å²) in [7, 11) is 3.83. The van der Waals surface area contributed by atoms with Gasteiger partial charge in [0.1, 0.15) is 5.75 Å². The Morgan fingerprint density at radius 1 is 1.32 bits per heavy atom. The SMILES string of the molecule is CNC(c1ccc(C)c(OC)c1)C1CCCC(C)C1. The zero-order valence-electron chi connectivity index (χ0n) is 12.7. The first-order valence-electron chi connectivity index (χ1n) is 7.47. The number of aryl methyl sites for hydroxylation is 1. The minimum atomic E-state index is 0.456. The van der Waals surface area contributed by atoms with Crippen LogP contribution in [0.3, 0.4) is 0 Å². The molecule has 1 fully saturated rings. The molecule has 1 N–H and O–H groups in total. The van der Waals surface area contributed by atoms with E-state index in [1.807, 2.05) is 0 Å². The van der Waals surface area contributed by atoms with Crippen LogP contribution < -0.4 is 10.1 Å². The van der Waals surface area contributed by atoms with Crippen molar-refractivity contribution in [2.24, 2.45) is 11.8 Å². The van der Waals surface area contributed by atoms with Gasteiger partial charge in [0, 0.05) is 6.04 Å². The van der Waals surface area contributed by atoms with Crippen LogP contribution in [0.5, 0.6) is 5.75 Å². The van der Waals surface area contributed by atoms with Gasteiger partial charge in [0.25, 0.3) is 0 Å². The van der Waals surface area contributed by atoms with E-state index in [2.05, 4.69) is 44.4 Å². The van der Waals surface area contributed by atoms with E-state index in [0.717, 1.165) is 17.6 Å².